The van der Waals surface area contributed by atoms with Gasteiger partial charge in [-0.05, 0) is 61.6 Å². The molecule has 0 bridgehead atoms. The number of hydrogen-bond donors (Lipinski definition) is 2. The predicted molar refractivity (Wildman–Crippen MR) is 79.1 cm³/mol. The minimum absolute atomic E-state index is 0.491. The molecule has 0 atom stereocenters. The number of halogens is 1. The second kappa shape index (κ2) is 4.42. The summed E-state index contributed by atoms with van der Waals surface area (Å²) in [6.45, 7) is 5.60. The van der Waals surface area contributed by atoms with Crippen LogP contribution in [0.1, 0.15) is 20.8 Å². The van der Waals surface area contributed by atoms with E-state index in [1.165, 1.54) is 4.90 Å². The lowest BCUT2D eigenvalue weighted by Gasteiger charge is -2.33. The van der Waals surface area contributed by atoms with Gasteiger partial charge in [0.15, 0.2) is 0 Å². The van der Waals surface area contributed by atoms with Gasteiger partial charge in [0.1, 0.15) is 3.70 Å². The first-order valence-electron chi connectivity index (χ1n) is 5.47. The van der Waals surface area contributed by atoms with Crippen LogP contribution in [-0.2, 0) is 0 Å². The molecule has 0 aliphatic heterocycles. The molecular formula is C12H14IN3O2. The number of nitrogens with one attached hydrogen (secondary N) is 1. The minimum Gasteiger partial charge on any atom is -0.465 e. The maximum Gasteiger partial charge on any atom is 0.412 e. The number of anilines is 1. The number of benzene rings is 1. The third-order valence-electron chi connectivity index (χ3n) is 2.61. The summed E-state index contributed by atoms with van der Waals surface area (Å²) in [5.41, 5.74) is 0.999. The van der Waals surface area contributed by atoms with Gasteiger partial charge in [-0.2, -0.15) is 5.10 Å². The third-order valence-corrected chi connectivity index (χ3v) is 3.43. The van der Waals surface area contributed by atoms with Gasteiger partial charge in [-0.15, -0.1) is 0 Å². The molecule has 0 saturated heterocycles. The molecule has 0 fully saturated rings. The third kappa shape index (κ3) is 2.29. The summed E-state index contributed by atoms with van der Waals surface area (Å²) in [6.07, 6.45) is -0.958. The van der Waals surface area contributed by atoms with Crippen molar-refractivity contribution in [1.29, 1.82) is 0 Å². The second-order valence-corrected chi connectivity index (χ2v) is 6.11. The Hall–Kier alpha value is -1.31. The van der Waals surface area contributed by atoms with Crippen molar-refractivity contribution in [3.05, 3.63) is 21.9 Å². The molecule has 0 aliphatic carbocycles. The molecule has 96 valence electrons. The maximum absolute atomic E-state index is 11.4. The van der Waals surface area contributed by atoms with E-state index in [1.807, 2.05) is 32.9 Å². The van der Waals surface area contributed by atoms with E-state index >= 15 is 0 Å². The van der Waals surface area contributed by atoms with Crippen LogP contribution in [-0.4, -0.2) is 26.9 Å². The number of H-pyrrole nitrogens is 1. The van der Waals surface area contributed by atoms with E-state index in [4.69, 9.17) is 0 Å². The van der Waals surface area contributed by atoms with Gasteiger partial charge in [-0.25, -0.2) is 4.79 Å². The van der Waals surface area contributed by atoms with Gasteiger partial charge in [-0.1, -0.05) is 0 Å². The summed E-state index contributed by atoms with van der Waals surface area (Å²) in [7, 11) is 0. The number of rotatable bonds is 1. The van der Waals surface area contributed by atoms with Crippen molar-refractivity contribution in [2.45, 2.75) is 26.3 Å². The standard InChI is InChI=1S/C12H14IN3O2/c1-12(2,3)16(11(17)18)7-4-5-9-8(6-7)10(13)15-14-9/h4-6H,1-3H3,(H,14,15)(H,17,18). The molecule has 0 radical (unpaired) electrons. The number of carbonyl (C=O) groups is 1. The Morgan fingerprint density at radius 2 is 2.11 bits per heavy atom. The Kier molecular flexibility index (Phi) is 3.22. The zero-order chi connectivity index (χ0) is 13.5. The SMILES string of the molecule is CC(C)(C)N(C(=O)O)c1ccc2n[nH]c(I)c2c1. The fourth-order valence-electron chi connectivity index (χ4n) is 1.89. The van der Waals surface area contributed by atoms with Gasteiger partial charge in [0.25, 0.3) is 0 Å². The molecular weight excluding hydrogens is 345 g/mol. The first-order chi connectivity index (χ1) is 8.30. The summed E-state index contributed by atoms with van der Waals surface area (Å²) >= 11 is 2.15. The van der Waals surface area contributed by atoms with Crippen molar-refractivity contribution in [2.24, 2.45) is 0 Å². The monoisotopic (exact) mass is 359 g/mol. The minimum atomic E-state index is -0.958. The van der Waals surface area contributed by atoms with Crippen molar-refractivity contribution in [1.82, 2.24) is 10.2 Å². The summed E-state index contributed by atoms with van der Waals surface area (Å²) in [5.74, 6) is 0. The number of carboxylic acid groups (broad SMARTS) is 1. The highest BCUT2D eigenvalue weighted by molar-refractivity contribution is 14.1. The van der Waals surface area contributed by atoms with E-state index in [9.17, 15) is 9.90 Å². The summed E-state index contributed by atoms with van der Waals surface area (Å²) < 4.78 is 0.906. The van der Waals surface area contributed by atoms with Crippen molar-refractivity contribution >= 4 is 45.3 Å². The van der Waals surface area contributed by atoms with Crippen LogP contribution < -0.4 is 4.90 Å². The molecule has 18 heavy (non-hydrogen) atoms. The van der Waals surface area contributed by atoms with E-state index in [2.05, 4.69) is 32.8 Å². The number of fused-ring (bicyclic) bond motifs is 1. The van der Waals surface area contributed by atoms with Crippen LogP contribution in [0.4, 0.5) is 10.5 Å². The Morgan fingerprint density at radius 1 is 1.44 bits per heavy atom. The second-order valence-electron chi connectivity index (χ2n) is 5.03. The molecule has 2 aromatic rings. The Bertz CT molecular complexity index is 601. The molecule has 1 aromatic carbocycles. The average Bonchev–Trinajstić information content (AvgIpc) is 2.58. The van der Waals surface area contributed by atoms with E-state index in [0.29, 0.717) is 5.69 Å². The molecule has 0 spiro atoms. The number of aromatic amines is 1. The number of amides is 1. The molecule has 0 unspecified atom stereocenters. The van der Waals surface area contributed by atoms with Gasteiger partial charge in [-0.3, -0.25) is 10.00 Å². The molecule has 2 N–H and O–H groups in total. The maximum atomic E-state index is 11.4. The molecule has 1 heterocycles. The Morgan fingerprint density at radius 3 is 2.67 bits per heavy atom. The molecule has 5 nitrogen and oxygen atoms in total. The van der Waals surface area contributed by atoms with Crippen molar-refractivity contribution < 1.29 is 9.90 Å². The van der Waals surface area contributed by atoms with Crippen LogP contribution in [0, 0.1) is 3.70 Å². The van der Waals surface area contributed by atoms with Crippen LogP contribution in [0.2, 0.25) is 0 Å². The summed E-state index contributed by atoms with van der Waals surface area (Å²) in [5, 5.41) is 17.3. The first kappa shape index (κ1) is 13.1. The topological polar surface area (TPSA) is 69.2 Å². The average molecular weight is 359 g/mol. The quantitative estimate of drug-likeness (QED) is 0.767. The normalized spacial score (nSPS) is 11.8. The molecule has 0 aliphatic rings. The van der Waals surface area contributed by atoms with Gasteiger partial charge in [0.2, 0.25) is 0 Å². The van der Waals surface area contributed by atoms with Gasteiger partial charge in [0.05, 0.1) is 5.52 Å². The van der Waals surface area contributed by atoms with Crippen LogP contribution >= 0.6 is 22.6 Å². The van der Waals surface area contributed by atoms with E-state index < -0.39 is 11.6 Å². The predicted octanol–water partition coefficient (Wildman–Crippen LogP) is 3.45. The van der Waals surface area contributed by atoms with Crippen molar-refractivity contribution in [3.63, 3.8) is 0 Å². The fourth-order valence-corrected chi connectivity index (χ4v) is 2.44. The van der Waals surface area contributed by atoms with Gasteiger partial charge >= 0.3 is 6.09 Å². The van der Waals surface area contributed by atoms with E-state index in [0.717, 1.165) is 14.6 Å². The summed E-state index contributed by atoms with van der Waals surface area (Å²) in [4.78, 5) is 12.8. The van der Waals surface area contributed by atoms with Crippen LogP contribution in [0.25, 0.3) is 10.9 Å². The smallest absolute Gasteiger partial charge is 0.412 e. The fraction of sp³-hybridized carbons (Fsp3) is 0.333. The Balaban J connectivity index is 2.58. The molecule has 6 heteroatoms. The highest BCUT2D eigenvalue weighted by atomic mass is 127. The first-order valence-corrected chi connectivity index (χ1v) is 6.55. The lowest BCUT2D eigenvalue weighted by molar-refractivity contribution is 0.195. The highest BCUT2D eigenvalue weighted by Gasteiger charge is 2.28. The molecule has 0 saturated carbocycles. The highest BCUT2D eigenvalue weighted by Crippen LogP contribution is 2.28. The zero-order valence-corrected chi connectivity index (χ0v) is 12.5. The number of hydrogen-bond acceptors (Lipinski definition) is 2. The molecule has 2 rings (SSSR count). The van der Waals surface area contributed by atoms with Crippen LogP contribution in [0.15, 0.2) is 18.2 Å². The van der Waals surface area contributed by atoms with Crippen LogP contribution in [0.5, 0.6) is 0 Å². The van der Waals surface area contributed by atoms with E-state index in [-0.39, 0.29) is 0 Å². The molecule has 1 amide bonds. The lowest BCUT2D eigenvalue weighted by Crippen LogP contribution is -2.45. The lowest BCUT2D eigenvalue weighted by atomic mass is 10.1. The van der Waals surface area contributed by atoms with Gasteiger partial charge < -0.3 is 5.11 Å². The largest absolute Gasteiger partial charge is 0.465 e. The zero-order valence-electron chi connectivity index (χ0n) is 10.4. The molecule has 1 aromatic heterocycles. The van der Waals surface area contributed by atoms with Crippen LogP contribution in [0.3, 0.4) is 0 Å². The summed E-state index contributed by atoms with van der Waals surface area (Å²) in [6, 6.07) is 5.45. The number of aromatic nitrogens is 2. The number of nitrogens with zero attached hydrogens (tertiary/aromatic N) is 2. The van der Waals surface area contributed by atoms with Crippen molar-refractivity contribution in [2.75, 3.05) is 4.90 Å². The van der Waals surface area contributed by atoms with Gasteiger partial charge in [0, 0.05) is 16.6 Å². The Labute approximate surface area is 118 Å². The van der Waals surface area contributed by atoms with E-state index in [1.54, 1.807) is 6.07 Å². The van der Waals surface area contributed by atoms with Crippen molar-refractivity contribution in [3.8, 4) is 0 Å².